The normalized spacial score (nSPS) is 10.8. The summed E-state index contributed by atoms with van der Waals surface area (Å²) >= 11 is 1.93. The van der Waals surface area contributed by atoms with Crippen molar-refractivity contribution in [2.24, 2.45) is 0 Å². The fourth-order valence-corrected chi connectivity index (χ4v) is 1.85. The maximum Gasteiger partial charge on any atom is 0.354 e. The van der Waals surface area contributed by atoms with Crippen LogP contribution >= 0.6 is 22.6 Å². The summed E-state index contributed by atoms with van der Waals surface area (Å²) in [5, 5.41) is 2.62. The largest absolute Gasteiger partial charge is 0.466 e. The van der Waals surface area contributed by atoms with Crippen molar-refractivity contribution in [3.05, 3.63) is 39.4 Å². The van der Waals surface area contributed by atoms with Gasteiger partial charge in [-0.2, -0.15) is 0 Å². The summed E-state index contributed by atoms with van der Waals surface area (Å²) in [6.45, 7) is 0. The van der Waals surface area contributed by atoms with Gasteiger partial charge >= 0.3 is 11.9 Å². The van der Waals surface area contributed by atoms with Crippen LogP contribution in [0, 0.1) is 9.39 Å². The van der Waals surface area contributed by atoms with Crippen molar-refractivity contribution in [1.82, 2.24) is 0 Å². The van der Waals surface area contributed by atoms with Crippen LogP contribution in [0.5, 0.6) is 0 Å². The van der Waals surface area contributed by atoms with Crippen LogP contribution in [0.4, 0.5) is 10.1 Å². The van der Waals surface area contributed by atoms with E-state index in [1.54, 1.807) is 6.07 Å². The molecular weight excluding hydrogens is 368 g/mol. The van der Waals surface area contributed by atoms with Gasteiger partial charge in [0.1, 0.15) is 11.5 Å². The minimum absolute atomic E-state index is 0.143. The van der Waals surface area contributed by atoms with Crippen molar-refractivity contribution in [3.8, 4) is 0 Å². The third kappa shape index (κ3) is 4.86. The van der Waals surface area contributed by atoms with Crippen molar-refractivity contribution in [2.75, 3.05) is 19.5 Å². The third-order valence-electron chi connectivity index (χ3n) is 2.01. The van der Waals surface area contributed by atoms with Crippen LogP contribution in [0.1, 0.15) is 0 Å². The van der Waals surface area contributed by atoms with Crippen LogP contribution in [0.15, 0.2) is 30.0 Å². The number of anilines is 1. The third-order valence-corrected chi connectivity index (χ3v) is 2.63. The number of methoxy groups -OCH3 is 2. The Bertz CT molecular complexity index is 510. The van der Waals surface area contributed by atoms with Gasteiger partial charge in [-0.3, -0.25) is 0 Å². The summed E-state index contributed by atoms with van der Waals surface area (Å²) in [5.74, 6) is -1.94. The minimum atomic E-state index is -0.760. The minimum Gasteiger partial charge on any atom is -0.466 e. The van der Waals surface area contributed by atoms with Crippen LogP contribution in [-0.2, 0) is 19.1 Å². The van der Waals surface area contributed by atoms with Crippen molar-refractivity contribution in [3.63, 3.8) is 0 Å². The molecule has 0 radical (unpaired) electrons. The molecule has 0 bridgehead atoms. The highest BCUT2D eigenvalue weighted by atomic mass is 127. The molecule has 0 amide bonds. The topological polar surface area (TPSA) is 64.6 Å². The summed E-state index contributed by atoms with van der Waals surface area (Å²) in [6, 6.07) is 4.13. The van der Waals surface area contributed by atoms with E-state index in [4.69, 9.17) is 0 Å². The monoisotopic (exact) mass is 379 g/mol. The van der Waals surface area contributed by atoms with Gasteiger partial charge in [0.15, 0.2) is 0 Å². The molecule has 0 atom stereocenters. The standard InChI is InChI=1S/C12H11FINO4/c1-18-11(16)6-10(12(17)19-2)15-9-4-7(13)3-8(14)5-9/h3-6,15H,1-2H3/b10-6+. The van der Waals surface area contributed by atoms with Crippen LogP contribution in [0.25, 0.3) is 0 Å². The number of hydrogen-bond donors (Lipinski definition) is 1. The molecule has 7 heteroatoms. The summed E-state index contributed by atoms with van der Waals surface area (Å²) < 4.78 is 22.8. The zero-order valence-electron chi connectivity index (χ0n) is 10.2. The second-order valence-corrected chi connectivity index (χ2v) is 4.60. The predicted octanol–water partition coefficient (Wildman–Crippen LogP) is 2.07. The Morgan fingerprint density at radius 3 is 2.47 bits per heavy atom. The van der Waals surface area contributed by atoms with E-state index in [0.717, 1.165) is 6.08 Å². The Morgan fingerprint density at radius 1 is 1.26 bits per heavy atom. The second kappa shape index (κ2) is 7.07. The smallest absolute Gasteiger partial charge is 0.354 e. The summed E-state index contributed by atoms with van der Waals surface area (Å²) in [5.41, 5.74) is 0.181. The quantitative estimate of drug-likeness (QED) is 0.493. The molecule has 1 rings (SSSR count). The van der Waals surface area contributed by atoms with Crippen LogP contribution < -0.4 is 5.32 Å². The number of nitrogens with one attached hydrogen (secondary N) is 1. The first-order chi connectivity index (χ1) is 8.96. The molecule has 0 heterocycles. The number of carbonyl (C=O) groups is 2. The number of benzene rings is 1. The first-order valence-corrected chi connectivity index (χ1v) is 6.15. The van der Waals surface area contributed by atoms with Gasteiger partial charge in [0.25, 0.3) is 0 Å². The number of halogens is 2. The molecule has 0 aliphatic carbocycles. The van der Waals surface area contributed by atoms with Crippen LogP contribution in [-0.4, -0.2) is 26.2 Å². The van der Waals surface area contributed by atoms with E-state index >= 15 is 0 Å². The summed E-state index contributed by atoms with van der Waals surface area (Å²) in [4.78, 5) is 22.6. The lowest BCUT2D eigenvalue weighted by atomic mass is 10.3. The Kier molecular flexibility index (Phi) is 5.74. The van der Waals surface area contributed by atoms with E-state index in [1.165, 1.54) is 26.4 Å². The molecule has 0 saturated heterocycles. The molecule has 1 N–H and O–H groups in total. The highest BCUT2D eigenvalue weighted by Gasteiger charge is 2.13. The fourth-order valence-electron chi connectivity index (χ4n) is 1.21. The lowest BCUT2D eigenvalue weighted by Gasteiger charge is -2.09. The molecule has 5 nitrogen and oxygen atoms in total. The molecule has 0 unspecified atom stereocenters. The summed E-state index contributed by atoms with van der Waals surface area (Å²) in [7, 11) is 2.35. The zero-order valence-corrected chi connectivity index (χ0v) is 12.4. The number of esters is 2. The molecular formula is C12H11FINO4. The highest BCUT2D eigenvalue weighted by molar-refractivity contribution is 14.1. The summed E-state index contributed by atoms with van der Waals surface area (Å²) in [6.07, 6.45) is 0.934. The molecule has 1 aromatic carbocycles. The Balaban J connectivity index is 3.04. The second-order valence-electron chi connectivity index (χ2n) is 3.36. The maximum absolute atomic E-state index is 13.2. The Morgan fingerprint density at radius 2 is 1.95 bits per heavy atom. The number of ether oxygens (including phenoxy) is 2. The van der Waals surface area contributed by atoms with Gasteiger partial charge in [-0.05, 0) is 40.8 Å². The van der Waals surface area contributed by atoms with Gasteiger partial charge in [-0.1, -0.05) is 0 Å². The average molecular weight is 379 g/mol. The van der Waals surface area contributed by atoms with Crippen LogP contribution in [0.2, 0.25) is 0 Å². The predicted molar refractivity (Wildman–Crippen MR) is 74.9 cm³/mol. The van der Waals surface area contributed by atoms with Crippen molar-refractivity contribution in [2.45, 2.75) is 0 Å². The van der Waals surface area contributed by atoms with Gasteiger partial charge < -0.3 is 14.8 Å². The SMILES string of the molecule is COC(=O)/C=C(/Nc1cc(F)cc(I)c1)C(=O)OC. The van der Waals surface area contributed by atoms with Crippen LogP contribution in [0.3, 0.4) is 0 Å². The van der Waals surface area contributed by atoms with E-state index in [2.05, 4.69) is 14.8 Å². The number of rotatable bonds is 4. The number of hydrogen-bond acceptors (Lipinski definition) is 5. The maximum atomic E-state index is 13.2. The Hall–Kier alpha value is -1.64. The molecule has 0 saturated carbocycles. The Labute approximate surface area is 122 Å². The lowest BCUT2D eigenvalue weighted by Crippen LogP contribution is -2.15. The number of carbonyl (C=O) groups excluding carboxylic acids is 2. The molecule has 0 aliphatic rings. The highest BCUT2D eigenvalue weighted by Crippen LogP contribution is 2.17. The molecule has 0 spiro atoms. The lowest BCUT2D eigenvalue weighted by molar-refractivity contribution is -0.138. The first kappa shape index (κ1) is 15.4. The zero-order chi connectivity index (χ0) is 14.4. The molecule has 0 aromatic heterocycles. The van der Waals surface area contributed by atoms with Gasteiger partial charge in [-0.25, -0.2) is 14.0 Å². The van der Waals surface area contributed by atoms with Crippen molar-refractivity contribution >= 4 is 40.2 Å². The van der Waals surface area contributed by atoms with E-state index in [1.807, 2.05) is 22.6 Å². The molecule has 102 valence electrons. The van der Waals surface area contributed by atoms with E-state index in [0.29, 0.717) is 9.26 Å². The van der Waals surface area contributed by atoms with E-state index in [9.17, 15) is 14.0 Å². The van der Waals surface area contributed by atoms with E-state index < -0.39 is 17.8 Å². The van der Waals surface area contributed by atoms with Crippen molar-refractivity contribution < 1.29 is 23.5 Å². The molecule has 19 heavy (non-hydrogen) atoms. The van der Waals surface area contributed by atoms with Gasteiger partial charge in [0.2, 0.25) is 0 Å². The van der Waals surface area contributed by atoms with Gasteiger partial charge in [-0.15, -0.1) is 0 Å². The molecule has 0 fully saturated rings. The fraction of sp³-hybridized carbons (Fsp3) is 0.167. The van der Waals surface area contributed by atoms with E-state index in [-0.39, 0.29) is 5.70 Å². The first-order valence-electron chi connectivity index (χ1n) is 5.07. The van der Waals surface area contributed by atoms with Crippen molar-refractivity contribution in [1.29, 1.82) is 0 Å². The molecule has 1 aromatic rings. The average Bonchev–Trinajstić information content (AvgIpc) is 2.35. The van der Waals surface area contributed by atoms with Gasteiger partial charge in [0.05, 0.1) is 20.3 Å². The molecule has 0 aliphatic heterocycles. The van der Waals surface area contributed by atoms with Gasteiger partial charge in [0, 0.05) is 9.26 Å².